The van der Waals surface area contributed by atoms with Crippen LogP contribution in [-0.4, -0.2) is 11.8 Å². The van der Waals surface area contributed by atoms with Gasteiger partial charge in [0.1, 0.15) is 0 Å². The van der Waals surface area contributed by atoms with Crippen molar-refractivity contribution in [1.29, 1.82) is 0 Å². The Morgan fingerprint density at radius 3 is 2.47 bits per heavy atom. The zero-order valence-electron chi connectivity index (χ0n) is 10.9. The zero-order valence-corrected chi connectivity index (χ0v) is 11.6. The summed E-state index contributed by atoms with van der Waals surface area (Å²) in [7, 11) is 0. The van der Waals surface area contributed by atoms with E-state index >= 15 is 0 Å². The second-order valence-electron chi connectivity index (χ2n) is 5.56. The Balaban J connectivity index is 2.80. The molecule has 1 atom stereocenters. The van der Waals surface area contributed by atoms with Gasteiger partial charge >= 0.3 is 0 Å². The molecule has 0 radical (unpaired) electrons. The Morgan fingerprint density at radius 2 is 2.00 bits per heavy atom. The lowest BCUT2D eigenvalue weighted by Crippen LogP contribution is -2.36. The molecule has 0 aliphatic rings. The molecule has 0 aromatic heterocycles. The monoisotopic (exact) mass is 253 g/mol. The average Bonchev–Trinajstić information content (AvgIpc) is 2.20. The third-order valence-electron chi connectivity index (χ3n) is 3.01. The van der Waals surface area contributed by atoms with Gasteiger partial charge in [0, 0.05) is 23.0 Å². The summed E-state index contributed by atoms with van der Waals surface area (Å²) < 4.78 is 0. The van der Waals surface area contributed by atoms with E-state index in [1.165, 1.54) is 0 Å². The van der Waals surface area contributed by atoms with Crippen molar-refractivity contribution >= 4 is 17.4 Å². The van der Waals surface area contributed by atoms with Gasteiger partial charge in [-0.3, -0.25) is 4.79 Å². The molecule has 3 heteroatoms. The molecule has 17 heavy (non-hydrogen) atoms. The van der Waals surface area contributed by atoms with Gasteiger partial charge in [0.2, 0.25) is 0 Å². The number of hydrogen-bond acceptors (Lipinski definition) is 2. The number of ketones is 1. The fourth-order valence-corrected chi connectivity index (χ4v) is 1.57. The van der Waals surface area contributed by atoms with E-state index in [2.05, 4.69) is 0 Å². The van der Waals surface area contributed by atoms with Crippen LogP contribution in [0.25, 0.3) is 0 Å². The van der Waals surface area contributed by atoms with Crippen molar-refractivity contribution < 1.29 is 4.79 Å². The minimum absolute atomic E-state index is 0.0503. The van der Waals surface area contributed by atoms with Crippen molar-refractivity contribution in [2.24, 2.45) is 11.1 Å². The highest BCUT2D eigenvalue weighted by Crippen LogP contribution is 2.23. The molecule has 0 saturated carbocycles. The van der Waals surface area contributed by atoms with Gasteiger partial charge in [0.05, 0.1) is 0 Å². The number of halogens is 1. The zero-order chi connectivity index (χ0) is 13.2. The summed E-state index contributed by atoms with van der Waals surface area (Å²) in [6.45, 7) is 8.02. The van der Waals surface area contributed by atoms with Crippen LogP contribution >= 0.6 is 11.6 Å². The van der Waals surface area contributed by atoms with Crippen LogP contribution in [0.2, 0.25) is 5.02 Å². The first-order valence-corrected chi connectivity index (χ1v) is 6.14. The Labute approximate surface area is 108 Å². The molecule has 1 rings (SSSR count). The van der Waals surface area contributed by atoms with E-state index in [-0.39, 0.29) is 17.2 Å². The number of Topliss-reactive ketones (excluding diaryl/α,β-unsaturated/α-hetero) is 1. The molecule has 0 amide bonds. The summed E-state index contributed by atoms with van der Waals surface area (Å²) in [4.78, 5) is 12.0. The lowest BCUT2D eigenvalue weighted by molar-refractivity contribution is 0.0953. The molecule has 0 heterocycles. The van der Waals surface area contributed by atoms with E-state index in [4.69, 9.17) is 17.3 Å². The summed E-state index contributed by atoms with van der Waals surface area (Å²) in [6, 6.07) is 5.24. The molecule has 0 aliphatic carbocycles. The van der Waals surface area contributed by atoms with E-state index in [1.54, 1.807) is 12.1 Å². The molecule has 0 aliphatic heterocycles. The fraction of sp³-hybridized carbons (Fsp3) is 0.500. The lowest BCUT2D eigenvalue weighted by atomic mass is 9.83. The molecule has 1 aromatic rings. The normalized spacial score (nSPS) is 13.5. The number of nitrogens with two attached hydrogens (primary N) is 1. The number of aryl methyl sites for hydroxylation is 1. The maximum atomic E-state index is 12.0. The Kier molecular flexibility index (Phi) is 4.34. The minimum atomic E-state index is -0.143. The highest BCUT2D eigenvalue weighted by Gasteiger charge is 2.23. The highest BCUT2D eigenvalue weighted by atomic mass is 35.5. The molecule has 0 fully saturated rings. The highest BCUT2D eigenvalue weighted by molar-refractivity contribution is 6.31. The number of hydrogen-bond donors (Lipinski definition) is 1. The number of carbonyl (C=O) groups is 1. The van der Waals surface area contributed by atoms with Crippen LogP contribution in [0.4, 0.5) is 0 Å². The number of rotatable bonds is 3. The van der Waals surface area contributed by atoms with Crippen LogP contribution in [0.15, 0.2) is 18.2 Å². The summed E-state index contributed by atoms with van der Waals surface area (Å²) in [5, 5.41) is 0.625. The first kappa shape index (κ1) is 14.2. The van der Waals surface area contributed by atoms with Crippen molar-refractivity contribution in [3.8, 4) is 0 Å². The SMILES string of the molecule is Cc1ccc(C(=O)CC(N)C(C)(C)C)cc1Cl. The fourth-order valence-electron chi connectivity index (χ4n) is 1.39. The van der Waals surface area contributed by atoms with E-state index < -0.39 is 0 Å². The largest absolute Gasteiger partial charge is 0.327 e. The molecule has 1 aromatic carbocycles. The summed E-state index contributed by atoms with van der Waals surface area (Å²) in [6.07, 6.45) is 0.350. The summed E-state index contributed by atoms with van der Waals surface area (Å²) in [5.41, 5.74) is 7.55. The Hall–Kier alpha value is -0.860. The predicted molar refractivity (Wildman–Crippen MR) is 72.6 cm³/mol. The van der Waals surface area contributed by atoms with Crippen molar-refractivity contribution in [3.05, 3.63) is 34.3 Å². The van der Waals surface area contributed by atoms with Crippen molar-refractivity contribution in [3.63, 3.8) is 0 Å². The van der Waals surface area contributed by atoms with E-state index in [0.29, 0.717) is 17.0 Å². The van der Waals surface area contributed by atoms with Crippen LogP contribution in [0.1, 0.15) is 43.1 Å². The molecule has 2 N–H and O–H groups in total. The maximum absolute atomic E-state index is 12.0. The average molecular weight is 254 g/mol. The third-order valence-corrected chi connectivity index (χ3v) is 3.42. The smallest absolute Gasteiger partial charge is 0.164 e. The van der Waals surface area contributed by atoms with E-state index in [9.17, 15) is 4.79 Å². The van der Waals surface area contributed by atoms with Crippen molar-refractivity contribution in [1.82, 2.24) is 0 Å². The first-order valence-electron chi connectivity index (χ1n) is 5.76. The van der Waals surface area contributed by atoms with Gasteiger partial charge in [0.25, 0.3) is 0 Å². The Bertz CT molecular complexity index is 421. The molecule has 1 unspecified atom stereocenters. The van der Waals surface area contributed by atoms with Crippen LogP contribution in [0.5, 0.6) is 0 Å². The number of carbonyl (C=O) groups excluding carboxylic acids is 1. The minimum Gasteiger partial charge on any atom is -0.327 e. The summed E-state index contributed by atoms with van der Waals surface area (Å²) >= 11 is 6.00. The standard InChI is InChI=1S/C14H20ClNO/c1-9-5-6-10(7-11(9)15)12(17)8-13(16)14(2,3)4/h5-7,13H,8,16H2,1-4H3. The molecule has 0 saturated heterocycles. The van der Waals surface area contributed by atoms with Crippen LogP contribution in [0.3, 0.4) is 0 Å². The first-order chi connectivity index (χ1) is 7.71. The lowest BCUT2D eigenvalue weighted by Gasteiger charge is -2.26. The second kappa shape index (κ2) is 5.19. The molecular weight excluding hydrogens is 234 g/mol. The van der Waals surface area contributed by atoms with Gasteiger partial charge in [-0.1, -0.05) is 44.5 Å². The number of benzene rings is 1. The van der Waals surface area contributed by atoms with Crippen LogP contribution < -0.4 is 5.73 Å². The second-order valence-corrected chi connectivity index (χ2v) is 5.97. The van der Waals surface area contributed by atoms with Crippen LogP contribution in [-0.2, 0) is 0 Å². The van der Waals surface area contributed by atoms with Gasteiger partial charge < -0.3 is 5.73 Å². The van der Waals surface area contributed by atoms with Gasteiger partial charge in [-0.25, -0.2) is 0 Å². The molecule has 0 spiro atoms. The predicted octanol–water partition coefficient (Wildman–Crippen LogP) is 3.59. The van der Waals surface area contributed by atoms with E-state index in [0.717, 1.165) is 5.56 Å². The van der Waals surface area contributed by atoms with Gasteiger partial charge in [0.15, 0.2) is 5.78 Å². The van der Waals surface area contributed by atoms with Crippen LogP contribution in [0, 0.1) is 12.3 Å². The molecule has 94 valence electrons. The Morgan fingerprint density at radius 1 is 1.41 bits per heavy atom. The third kappa shape index (κ3) is 3.83. The maximum Gasteiger partial charge on any atom is 0.164 e. The van der Waals surface area contributed by atoms with Crippen molar-refractivity contribution in [2.45, 2.75) is 40.2 Å². The topological polar surface area (TPSA) is 43.1 Å². The van der Waals surface area contributed by atoms with E-state index in [1.807, 2.05) is 33.8 Å². The summed E-state index contributed by atoms with van der Waals surface area (Å²) in [5.74, 6) is 0.0503. The van der Waals surface area contributed by atoms with Gasteiger partial charge in [-0.2, -0.15) is 0 Å². The van der Waals surface area contributed by atoms with Gasteiger partial charge in [-0.05, 0) is 24.0 Å². The molecular formula is C14H20ClNO. The molecule has 0 bridgehead atoms. The van der Waals surface area contributed by atoms with Gasteiger partial charge in [-0.15, -0.1) is 0 Å². The molecule has 2 nitrogen and oxygen atoms in total. The van der Waals surface area contributed by atoms with Crippen molar-refractivity contribution in [2.75, 3.05) is 0 Å². The quantitative estimate of drug-likeness (QED) is 0.837.